The van der Waals surface area contributed by atoms with E-state index in [2.05, 4.69) is 22.5 Å². The molecule has 0 unspecified atom stereocenters. The van der Waals surface area contributed by atoms with Crippen molar-refractivity contribution in [2.75, 3.05) is 23.3 Å². The predicted molar refractivity (Wildman–Crippen MR) is 98.1 cm³/mol. The van der Waals surface area contributed by atoms with Crippen molar-refractivity contribution < 1.29 is 9.59 Å². The fraction of sp³-hybridized carbons (Fsp3) is 0.579. The molecular weight excluding hydrogens is 302 g/mol. The molecule has 0 radical (unpaired) electrons. The maximum Gasteiger partial charge on any atom is 0.247 e. The normalized spacial score (nSPS) is 16.8. The lowest BCUT2D eigenvalue weighted by atomic mass is 9.99. The van der Waals surface area contributed by atoms with Gasteiger partial charge >= 0.3 is 0 Å². The first kappa shape index (κ1) is 18.3. The summed E-state index contributed by atoms with van der Waals surface area (Å²) in [6.07, 6.45) is 2.45. The van der Waals surface area contributed by atoms with Gasteiger partial charge in [0.1, 0.15) is 6.04 Å². The van der Waals surface area contributed by atoms with Crippen LogP contribution in [-0.2, 0) is 9.59 Å². The van der Waals surface area contributed by atoms with Crippen LogP contribution in [-0.4, -0.2) is 30.9 Å². The Hall–Kier alpha value is -2.04. The summed E-state index contributed by atoms with van der Waals surface area (Å²) in [6, 6.07) is 7.43. The minimum absolute atomic E-state index is 0.0310. The van der Waals surface area contributed by atoms with Gasteiger partial charge in [-0.25, -0.2) is 0 Å². The summed E-state index contributed by atoms with van der Waals surface area (Å²) >= 11 is 0. The van der Waals surface area contributed by atoms with Crippen LogP contribution in [0, 0.1) is 11.8 Å². The fourth-order valence-electron chi connectivity index (χ4n) is 3.00. The Bertz CT molecular complexity index is 560. The molecule has 24 heavy (non-hydrogen) atoms. The molecule has 2 N–H and O–H groups in total. The van der Waals surface area contributed by atoms with E-state index < -0.39 is 6.04 Å². The van der Waals surface area contributed by atoms with Crippen LogP contribution in [0.2, 0.25) is 0 Å². The van der Waals surface area contributed by atoms with Crippen molar-refractivity contribution in [3.05, 3.63) is 24.3 Å². The number of amides is 2. The first-order valence-electron chi connectivity index (χ1n) is 8.79. The number of benzene rings is 1. The highest BCUT2D eigenvalue weighted by atomic mass is 16.2. The molecule has 0 aliphatic carbocycles. The molecule has 1 atom stereocenters. The number of piperidine rings is 1. The van der Waals surface area contributed by atoms with Crippen molar-refractivity contribution in [1.82, 2.24) is 5.32 Å². The first-order valence-corrected chi connectivity index (χ1v) is 8.79. The van der Waals surface area contributed by atoms with Crippen molar-refractivity contribution in [3.8, 4) is 0 Å². The minimum atomic E-state index is -0.522. The van der Waals surface area contributed by atoms with Gasteiger partial charge in [0, 0.05) is 31.4 Å². The summed E-state index contributed by atoms with van der Waals surface area (Å²) in [5.41, 5.74) is 1.95. The van der Waals surface area contributed by atoms with E-state index in [1.165, 1.54) is 25.5 Å². The molecule has 132 valence electrons. The van der Waals surface area contributed by atoms with E-state index >= 15 is 0 Å². The van der Waals surface area contributed by atoms with Crippen LogP contribution in [0.1, 0.15) is 40.5 Å². The maximum absolute atomic E-state index is 12.4. The van der Waals surface area contributed by atoms with Gasteiger partial charge < -0.3 is 15.5 Å². The van der Waals surface area contributed by atoms with Crippen molar-refractivity contribution in [2.24, 2.45) is 11.8 Å². The standard InChI is InChI=1S/C19H29N3O2/c1-13(2)18(20-15(4)23)19(24)21-16-5-7-17(8-6-16)22-11-9-14(3)10-12-22/h5-8,13-14,18H,9-12H2,1-4H3,(H,20,23)(H,21,24)/t18-/m0/s1. The van der Waals surface area contributed by atoms with Gasteiger partial charge in [0.05, 0.1) is 0 Å². The third-order valence-electron chi connectivity index (χ3n) is 4.59. The molecule has 5 heteroatoms. The monoisotopic (exact) mass is 331 g/mol. The third-order valence-corrected chi connectivity index (χ3v) is 4.59. The third kappa shape index (κ3) is 4.98. The lowest BCUT2D eigenvalue weighted by Gasteiger charge is -2.32. The van der Waals surface area contributed by atoms with Crippen LogP contribution in [0.5, 0.6) is 0 Å². The second-order valence-electron chi connectivity index (χ2n) is 7.13. The Labute approximate surface area is 144 Å². The Balaban J connectivity index is 1.97. The summed E-state index contributed by atoms with van der Waals surface area (Å²) in [6.45, 7) is 9.74. The van der Waals surface area contributed by atoms with Crippen LogP contribution in [0.25, 0.3) is 0 Å². The number of rotatable bonds is 5. The molecule has 2 amide bonds. The Kier molecular flexibility index (Phi) is 6.23. The molecule has 0 aromatic heterocycles. The molecule has 1 aliphatic rings. The molecule has 0 bridgehead atoms. The zero-order valence-electron chi connectivity index (χ0n) is 15.1. The van der Waals surface area contributed by atoms with Crippen molar-refractivity contribution in [3.63, 3.8) is 0 Å². The Morgan fingerprint density at radius 1 is 1.12 bits per heavy atom. The Morgan fingerprint density at radius 2 is 1.71 bits per heavy atom. The van der Waals surface area contributed by atoms with E-state index in [9.17, 15) is 9.59 Å². The topological polar surface area (TPSA) is 61.4 Å². The number of nitrogens with zero attached hydrogens (tertiary/aromatic N) is 1. The van der Waals surface area contributed by atoms with Gasteiger partial charge in [0.15, 0.2) is 0 Å². The molecule has 1 saturated heterocycles. The average molecular weight is 331 g/mol. The fourth-order valence-corrected chi connectivity index (χ4v) is 3.00. The quantitative estimate of drug-likeness (QED) is 0.872. The van der Waals surface area contributed by atoms with Gasteiger partial charge in [-0.05, 0) is 48.9 Å². The van der Waals surface area contributed by atoms with Gasteiger partial charge in [-0.3, -0.25) is 9.59 Å². The van der Waals surface area contributed by atoms with E-state index in [1.807, 2.05) is 38.1 Å². The van der Waals surface area contributed by atoms with Gasteiger partial charge in [0.2, 0.25) is 11.8 Å². The SMILES string of the molecule is CC(=O)N[C@H](C(=O)Nc1ccc(N2CCC(C)CC2)cc1)C(C)C. The second kappa shape index (κ2) is 8.18. The minimum Gasteiger partial charge on any atom is -0.372 e. The van der Waals surface area contributed by atoms with Crippen LogP contribution in [0.15, 0.2) is 24.3 Å². The van der Waals surface area contributed by atoms with E-state index in [-0.39, 0.29) is 17.7 Å². The number of anilines is 2. The van der Waals surface area contributed by atoms with Crippen molar-refractivity contribution in [1.29, 1.82) is 0 Å². The number of carbonyl (C=O) groups excluding carboxylic acids is 2. The molecular formula is C19H29N3O2. The summed E-state index contributed by atoms with van der Waals surface area (Å²) in [5, 5.41) is 5.60. The molecule has 0 saturated carbocycles. The van der Waals surface area contributed by atoms with Crippen LogP contribution >= 0.6 is 0 Å². The van der Waals surface area contributed by atoms with Crippen LogP contribution in [0.4, 0.5) is 11.4 Å². The molecule has 1 aliphatic heterocycles. The maximum atomic E-state index is 12.4. The molecule has 1 fully saturated rings. The second-order valence-corrected chi connectivity index (χ2v) is 7.13. The lowest BCUT2D eigenvalue weighted by molar-refractivity contribution is -0.126. The van der Waals surface area contributed by atoms with Gasteiger partial charge in [0.25, 0.3) is 0 Å². The van der Waals surface area contributed by atoms with Gasteiger partial charge in [-0.2, -0.15) is 0 Å². The van der Waals surface area contributed by atoms with Crippen molar-refractivity contribution in [2.45, 2.75) is 46.6 Å². The Morgan fingerprint density at radius 3 is 2.21 bits per heavy atom. The van der Waals surface area contributed by atoms with Crippen LogP contribution in [0.3, 0.4) is 0 Å². The summed E-state index contributed by atoms with van der Waals surface area (Å²) < 4.78 is 0. The molecule has 1 aromatic rings. The van der Waals surface area contributed by atoms with Crippen LogP contribution < -0.4 is 15.5 Å². The average Bonchev–Trinajstić information content (AvgIpc) is 2.53. The predicted octanol–water partition coefficient (Wildman–Crippen LogP) is 3.02. The van der Waals surface area contributed by atoms with E-state index in [1.54, 1.807) is 0 Å². The van der Waals surface area contributed by atoms with Crippen molar-refractivity contribution >= 4 is 23.2 Å². The molecule has 2 rings (SSSR count). The largest absolute Gasteiger partial charge is 0.372 e. The molecule has 1 aromatic carbocycles. The van der Waals surface area contributed by atoms with E-state index in [4.69, 9.17) is 0 Å². The van der Waals surface area contributed by atoms with Gasteiger partial charge in [-0.15, -0.1) is 0 Å². The smallest absolute Gasteiger partial charge is 0.247 e. The number of carbonyl (C=O) groups is 2. The number of hydrogen-bond acceptors (Lipinski definition) is 3. The summed E-state index contributed by atoms with van der Waals surface area (Å²) in [4.78, 5) is 26.0. The first-order chi connectivity index (χ1) is 11.4. The lowest BCUT2D eigenvalue weighted by Crippen LogP contribution is -2.46. The van der Waals surface area contributed by atoms with Gasteiger partial charge in [-0.1, -0.05) is 20.8 Å². The zero-order valence-corrected chi connectivity index (χ0v) is 15.1. The highest BCUT2D eigenvalue weighted by Crippen LogP contribution is 2.24. The highest BCUT2D eigenvalue weighted by molar-refractivity contribution is 5.97. The van der Waals surface area contributed by atoms with E-state index in [0.717, 1.165) is 24.7 Å². The molecule has 0 spiro atoms. The number of nitrogens with one attached hydrogen (secondary N) is 2. The summed E-state index contributed by atoms with van der Waals surface area (Å²) in [5.74, 6) is 0.461. The summed E-state index contributed by atoms with van der Waals surface area (Å²) in [7, 11) is 0. The highest BCUT2D eigenvalue weighted by Gasteiger charge is 2.23. The molecule has 5 nitrogen and oxygen atoms in total. The molecule has 1 heterocycles. The van der Waals surface area contributed by atoms with E-state index in [0.29, 0.717) is 0 Å². The zero-order chi connectivity index (χ0) is 17.7. The number of hydrogen-bond donors (Lipinski definition) is 2.